The lowest BCUT2D eigenvalue weighted by Gasteiger charge is -2.34. The highest BCUT2D eigenvalue weighted by molar-refractivity contribution is 6.13. The van der Waals surface area contributed by atoms with Gasteiger partial charge in [-0.25, -0.2) is 0 Å². The first-order chi connectivity index (χ1) is 13.0. The van der Waals surface area contributed by atoms with Crippen LogP contribution in [0, 0.1) is 0 Å². The molecule has 1 saturated carbocycles. The molecule has 1 aliphatic carbocycles. The van der Waals surface area contributed by atoms with E-state index in [1.807, 2.05) is 55.4 Å². The first-order valence-electron chi connectivity index (χ1n) is 10.2. The predicted molar refractivity (Wildman–Crippen MR) is 105 cm³/mol. The van der Waals surface area contributed by atoms with Gasteiger partial charge in [0.25, 0.3) is 11.8 Å². The van der Waals surface area contributed by atoms with Crippen molar-refractivity contribution in [2.45, 2.75) is 110 Å². The number of imide groups is 1. The van der Waals surface area contributed by atoms with Crippen LogP contribution in [0.3, 0.4) is 0 Å². The molecule has 0 aromatic carbocycles. The average molecular weight is 398 g/mol. The summed E-state index contributed by atoms with van der Waals surface area (Å²) in [4.78, 5) is 26.3. The van der Waals surface area contributed by atoms with E-state index in [1.165, 1.54) is 17.1 Å². The summed E-state index contributed by atoms with van der Waals surface area (Å²) in [6.07, 6.45) is 0.121. The van der Waals surface area contributed by atoms with Crippen molar-refractivity contribution in [1.29, 1.82) is 0 Å². The molecular weight excluding hydrogens is 362 g/mol. The van der Waals surface area contributed by atoms with E-state index in [2.05, 4.69) is 0 Å². The highest BCUT2D eigenvalue weighted by Gasteiger charge is 2.59. The van der Waals surface area contributed by atoms with Crippen molar-refractivity contribution in [1.82, 2.24) is 4.90 Å². The Kier molecular flexibility index (Phi) is 7.79. The van der Waals surface area contributed by atoms with Crippen LogP contribution in [0.1, 0.15) is 55.4 Å². The summed E-state index contributed by atoms with van der Waals surface area (Å²) in [5.74, 6) is -0.726. The fourth-order valence-corrected chi connectivity index (χ4v) is 3.83. The van der Waals surface area contributed by atoms with Crippen LogP contribution in [-0.4, -0.2) is 71.6 Å². The number of rotatable bonds is 9. The Morgan fingerprint density at radius 1 is 0.607 bits per heavy atom. The molecule has 0 unspecified atom stereocenters. The van der Waals surface area contributed by atoms with Gasteiger partial charge < -0.3 is 18.9 Å². The maximum atomic E-state index is 12.5. The van der Waals surface area contributed by atoms with Crippen LogP contribution in [0.25, 0.3) is 0 Å². The largest absolute Gasteiger partial charge is 0.370 e. The lowest BCUT2D eigenvalue weighted by molar-refractivity contribution is -0.163. The molecule has 0 N–H and O–H groups in total. The third-order valence-corrected chi connectivity index (χ3v) is 4.50. The number of carbonyl (C=O) groups is 2. The van der Waals surface area contributed by atoms with E-state index in [0.717, 1.165) is 0 Å². The van der Waals surface area contributed by atoms with Gasteiger partial charge in [-0.1, -0.05) is 0 Å². The lowest BCUT2D eigenvalue weighted by atomic mass is 10.1. The van der Waals surface area contributed by atoms with Crippen molar-refractivity contribution in [3.63, 3.8) is 0 Å². The van der Waals surface area contributed by atoms with Gasteiger partial charge in [0.15, 0.2) is 0 Å². The molecule has 2 rings (SSSR count). The first kappa shape index (κ1) is 23.0. The summed E-state index contributed by atoms with van der Waals surface area (Å²) in [5.41, 5.74) is 0. The molecule has 2 amide bonds. The highest BCUT2D eigenvalue weighted by atomic mass is 16.6. The second-order valence-electron chi connectivity index (χ2n) is 8.47. The van der Waals surface area contributed by atoms with Crippen LogP contribution < -0.4 is 0 Å². The van der Waals surface area contributed by atoms with Crippen LogP contribution in [0.5, 0.6) is 0 Å². The molecule has 1 fully saturated rings. The fourth-order valence-electron chi connectivity index (χ4n) is 3.83. The molecule has 0 bridgehead atoms. The van der Waals surface area contributed by atoms with Crippen LogP contribution in [0.15, 0.2) is 12.2 Å². The van der Waals surface area contributed by atoms with E-state index in [1.54, 1.807) is 0 Å². The number of carbonyl (C=O) groups excluding carboxylic acids is 2. The molecule has 0 aromatic rings. The highest BCUT2D eigenvalue weighted by Crippen LogP contribution is 2.38. The maximum Gasteiger partial charge on any atom is 0.254 e. The van der Waals surface area contributed by atoms with Gasteiger partial charge in [-0.05, 0) is 55.4 Å². The molecule has 0 radical (unpaired) electrons. The van der Waals surface area contributed by atoms with Crippen LogP contribution in [-0.2, 0) is 28.5 Å². The quantitative estimate of drug-likeness (QED) is 0.557. The van der Waals surface area contributed by atoms with Gasteiger partial charge in [0.1, 0.15) is 24.4 Å². The van der Waals surface area contributed by atoms with Gasteiger partial charge in [0, 0.05) is 12.2 Å². The molecule has 28 heavy (non-hydrogen) atoms. The third-order valence-electron chi connectivity index (χ3n) is 4.50. The van der Waals surface area contributed by atoms with Crippen molar-refractivity contribution in [3.8, 4) is 0 Å². The topological polar surface area (TPSA) is 74.3 Å². The maximum absolute atomic E-state index is 12.5. The van der Waals surface area contributed by atoms with E-state index in [-0.39, 0.29) is 36.2 Å². The zero-order chi connectivity index (χ0) is 21.2. The van der Waals surface area contributed by atoms with Crippen molar-refractivity contribution >= 4 is 11.8 Å². The van der Waals surface area contributed by atoms with Crippen molar-refractivity contribution in [2.75, 3.05) is 0 Å². The number of nitrogens with zero attached hydrogens (tertiary/aromatic N) is 1. The summed E-state index contributed by atoms with van der Waals surface area (Å²) < 4.78 is 24.8. The average Bonchev–Trinajstić information content (AvgIpc) is 2.98. The van der Waals surface area contributed by atoms with Gasteiger partial charge >= 0.3 is 0 Å². The fraction of sp³-hybridized carbons (Fsp3) is 0.810. The normalized spacial score (nSPS) is 30.9. The summed E-state index contributed by atoms with van der Waals surface area (Å²) in [6.45, 7) is 15.5. The second kappa shape index (κ2) is 9.48. The summed E-state index contributed by atoms with van der Waals surface area (Å²) in [7, 11) is 0. The van der Waals surface area contributed by atoms with E-state index >= 15 is 0 Å². The van der Waals surface area contributed by atoms with Crippen molar-refractivity contribution < 1.29 is 28.5 Å². The Labute approximate surface area is 168 Å². The van der Waals surface area contributed by atoms with Crippen LogP contribution >= 0.6 is 0 Å². The molecule has 7 heteroatoms. The molecule has 7 nitrogen and oxygen atoms in total. The van der Waals surface area contributed by atoms with E-state index in [9.17, 15) is 9.59 Å². The Morgan fingerprint density at radius 3 is 1.18 bits per heavy atom. The SMILES string of the molecule is CC(C)O[C@@H]1[C@@H](OC(C)C)[C@@H](OC(C)C)C(N2C(=O)C=CC2=O)[C@@H]1OC(C)C. The minimum atomic E-state index is -0.632. The molecule has 1 heterocycles. The van der Waals surface area contributed by atoms with Crippen LogP contribution in [0.4, 0.5) is 0 Å². The molecular formula is C21H35NO6. The van der Waals surface area contributed by atoms with Gasteiger partial charge in [-0.2, -0.15) is 0 Å². The zero-order valence-corrected chi connectivity index (χ0v) is 18.2. The van der Waals surface area contributed by atoms with Crippen LogP contribution in [0.2, 0.25) is 0 Å². The van der Waals surface area contributed by atoms with Crippen molar-refractivity contribution in [2.24, 2.45) is 0 Å². The van der Waals surface area contributed by atoms with Gasteiger partial charge in [0.05, 0.1) is 30.5 Å². The van der Waals surface area contributed by atoms with Crippen molar-refractivity contribution in [3.05, 3.63) is 12.2 Å². The Morgan fingerprint density at radius 2 is 0.893 bits per heavy atom. The molecule has 160 valence electrons. The monoisotopic (exact) mass is 397 g/mol. The summed E-state index contributed by atoms with van der Waals surface area (Å²) in [5, 5.41) is 0. The van der Waals surface area contributed by atoms with Gasteiger partial charge in [-0.15, -0.1) is 0 Å². The number of amides is 2. The molecule has 4 atom stereocenters. The lowest BCUT2D eigenvalue weighted by Crippen LogP contribution is -2.53. The minimum Gasteiger partial charge on any atom is -0.370 e. The third kappa shape index (κ3) is 5.20. The Balaban J connectivity index is 2.52. The second-order valence-corrected chi connectivity index (χ2v) is 8.47. The van der Waals surface area contributed by atoms with Gasteiger partial charge in [0.2, 0.25) is 0 Å². The standard InChI is InChI=1S/C21H35NO6/c1-11(2)25-18-17(22-15(23)9-10-16(22)24)19(26-12(3)4)21(28-14(7)8)20(18)27-13(5)6/h9-14,17-21H,1-8H3/t18-,19-,20-,21-/m0/s1. The molecule has 0 aromatic heterocycles. The predicted octanol–water partition coefficient (Wildman–Crippen LogP) is 2.47. The molecule has 1 aliphatic heterocycles. The smallest absolute Gasteiger partial charge is 0.254 e. The Bertz CT molecular complexity index is 537. The Hall–Kier alpha value is -1.28. The number of hydrogen-bond acceptors (Lipinski definition) is 6. The van der Waals surface area contributed by atoms with E-state index in [4.69, 9.17) is 18.9 Å². The number of ether oxygens (including phenoxy) is 4. The molecule has 0 saturated heterocycles. The first-order valence-corrected chi connectivity index (χ1v) is 10.2. The molecule has 2 aliphatic rings. The minimum absolute atomic E-state index is 0.0805. The van der Waals surface area contributed by atoms with E-state index in [0.29, 0.717) is 0 Å². The number of hydrogen-bond donors (Lipinski definition) is 0. The summed E-state index contributed by atoms with van der Waals surface area (Å²) in [6, 6.07) is -0.632. The van der Waals surface area contributed by atoms with E-state index < -0.39 is 30.5 Å². The molecule has 0 spiro atoms. The zero-order valence-electron chi connectivity index (χ0n) is 18.2. The summed E-state index contributed by atoms with van der Waals surface area (Å²) >= 11 is 0. The van der Waals surface area contributed by atoms with Gasteiger partial charge in [-0.3, -0.25) is 14.5 Å².